The van der Waals surface area contributed by atoms with Crippen LogP contribution >= 0.6 is 0 Å². The lowest BCUT2D eigenvalue weighted by Crippen LogP contribution is -2.50. The zero-order valence-corrected chi connectivity index (χ0v) is 16.4. The third kappa shape index (κ3) is 3.18. The Morgan fingerprint density at radius 3 is 2.57 bits per heavy atom. The van der Waals surface area contributed by atoms with Crippen molar-refractivity contribution in [2.45, 2.75) is 6.42 Å². The molecule has 1 atom stereocenters. The molecule has 3 heterocycles. The summed E-state index contributed by atoms with van der Waals surface area (Å²) >= 11 is 0. The third-order valence-electron chi connectivity index (χ3n) is 5.96. The summed E-state index contributed by atoms with van der Waals surface area (Å²) in [7, 11) is 0. The van der Waals surface area contributed by atoms with E-state index >= 15 is 0 Å². The number of hydrogen-bond donors (Lipinski definition) is 1. The summed E-state index contributed by atoms with van der Waals surface area (Å²) in [6.45, 7) is 2.99. The first-order valence-corrected chi connectivity index (χ1v) is 10.1. The van der Waals surface area contributed by atoms with Gasteiger partial charge in [-0.05, 0) is 24.3 Å². The van der Waals surface area contributed by atoms with Gasteiger partial charge >= 0.3 is 0 Å². The topological polar surface area (TPSA) is 72.5 Å². The van der Waals surface area contributed by atoms with Gasteiger partial charge < -0.3 is 9.80 Å². The summed E-state index contributed by atoms with van der Waals surface area (Å²) in [4.78, 5) is 31.2. The van der Waals surface area contributed by atoms with Gasteiger partial charge in [0.25, 0.3) is 0 Å². The number of para-hydroxylation sites is 1. The Morgan fingerprint density at radius 2 is 1.80 bits per heavy atom. The van der Waals surface area contributed by atoms with Crippen LogP contribution in [-0.2, 0) is 9.59 Å². The first-order chi connectivity index (χ1) is 14.6. The smallest absolute Gasteiger partial charge is 0.229 e. The molecule has 0 aliphatic carbocycles. The minimum atomic E-state index is -0.434. The van der Waals surface area contributed by atoms with Gasteiger partial charge in [-0.25, -0.2) is 4.39 Å². The number of aromatic nitrogens is 2. The fourth-order valence-corrected chi connectivity index (χ4v) is 4.37. The Labute approximate surface area is 173 Å². The molecule has 1 N–H and O–H groups in total. The van der Waals surface area contributed by atoms with Crippen LogP contribution in [0.5, 0.6) is 0 Å². The van der Waals surface area contributed by atoms with E-state index < -0.39 is 11.7 Å². The fourth-order valence-electron chi connectivity index (χ4n) is 4.37. The average molecular weight is 407 g/mol. The van der Waals surface area contributed by atoms with Gasteiger partial charge in [0.1, 0.15) is 5.82 Å². The van der Waals surface area contributed by atoms with E-state index in [1.54, 1.807) is 12.1 Å². The highest BCUT2D eigenvalue weighted by Crippen LogP contribution is 2.32. The van der Waals surface area contributed by atoms with Crippen molar-refractivity contribution in [2.24, 2.45) is 5.92 Å². The van der Waals surface area contributed by atoms with Gasteiger partial charge in [-0.2, -0.15) is 5.10 Å². The number of benzene rings is 2. The van der Waals surface area contributed by atoms with Crippen molar-refractivity contribution >= 4 is 34.2 Å². The van der Waals surface area contributed by atoms with Gasteiger partial charge in [-0.3, -0.25) is 19.6 Å². The maximum Gasteiger partial charge on any atom is 0.229 e. The van der Waals surface area contributed by atoms with Gasteiger partial charge in [0, 0.05) is 44.8 Å². The normalized spacial score (nSPS) is 19.7. The third-order valence-corrected chi connectivity index (χ3v) is 5.96. The van der Waals surface area contributed by atoms with Crippen molar-refractivity contribution in [1.82, 2.24) is 15.1 Å². The van der Waals surface area contributed by atoms with Crippen LogP contribution in [0.15, 0.2) is 48.5 Å². The van der Waals surface area contributed by atoms with Crippen LogP contribution in [0.1, 0.15) is 6.42 Å². The van der Waals surface area contributed by atoms with Crippen LogP contribution in [0.25, 0.3) is 10.9 Å². The zero-order chi connectivity index (χ0) is 20.7. The van der Waals surface area contributed by atoms with Crippen molar-refractivity contribution in [3.05, 3.63) is 54.3 Å². The van der Waals surface area contributed by atoms with Crippen molar-refractivity contribution in [3.63, 3.8) is 0 Å². The molecule has 0 spiro atoms. The molecular formula is C22H22FN5O2. The number of rotatable bonds is 3. The molecule has 0 bridgehead atoms. The largest absolute Gasteiger partial charge is 0.368 e. The molecule has 3 aromatic rings. The van der Waals surface area contributed by atoms with Crippen LogP contribution < -0.4 is 9.80 Å². The SMILES string of the molecule is O=C([C@@H]1CC(=O)N(c2n[nH]c3cccc(F)c23)C1)N1CCN(c2ccccc2)CC1. The molecule has 7 nitrogen and oxygen atoms in total. The lowest BCUT2D eigenvalue weighted by Gasteiger charge is -2.37. The predicted octanol–water partition coefficient (Wildman–Crippen LogP) is 2.40. The van der Waals surface area contributed by atoms with Gasteiger partial charge in [0.15, 0.2) is 5.82 Å². The summed E-state index contributed by atoms with van der Waals surface area (Å²) in [6, 6.07) is 14.8. The average Bonchev–Trinajstić information content (AvgIpc) is 3.38. The summed E-state index contributed by atoms with van der Waals surface area (Å²) in [5.41, 5.74) is 1.68. The van der Waals surface area contributed by atoms with Gasteiger partial charge in [-0.15, -0.1) is 0 Å². The van der Waals surface area contributed by atoms with Crippen LogP contribution in [0, 0.1) is 11.7 Å². The number of fused-ring (bicyclic) bond motifs is 1. The highest BCUT2D eigenvalue weighted by atomic mass is 19.1. The Balaban J connectivity index is 1.27. The van der Waals surface area contributed by atoms with Crippen LogP contribution in [0.4, 0.5) is 15.9 Å². The number of nitrogens with zero attached hydrogens (tertiary/aromatic N) is 4. The van der Waals surface area contributed by atoms with Crippen LogP contribution in [0.2, 0.25) is 0 Å². The van der Waals surface area contributed by atoms with E-state index in [1.807, 2.05) is 23.1 Å². The number of carbonyl (C=O) groups is 2. The number of anilines is 2. The number of halogens is 1. The molecule has 2 saturated heterocycles. The first kappa shape index (κ1) is 18.6. The van der Waals surface area contributed by atoms with Crippen molar-refractivity contribution in [1.29, 1.82) is 0 Å². The van der Waals surface area contributed by atoms with E-state index in [0.717, 1.165) is 18.8 Å². The Hall–Kier alpha value is -3.42. The molecule has 2 fully saturated rings. The van der Waals surface area contributed by atoms with Gasteiger partial charge in [-0.1, -0.05) is 24.3 Å². The second-order valence-electron chi connectivity index (χ2n) is 7.76. The Bertz CT molecular complexity index is 1090. The quantitative estimate of drug-likeness (QED) is 0.724. The number of aromatic amines is 1. The number of nitrogens with one attached hydrogen (secondary N) is 1. The monoisotopic (exact) mass is 407 g/mol. The molecule has 2 aromatic carbocycles. The highest BCUT2D eigenvalue weighted by molar-refractivity contribution is 6.05. The van der Waals surface area contributed by atoms with Crippen LogP contribution in [-0.4, -0.2) is 59.6 Å². The van der Waals surface area contributed by atoms with Gasteiger partial charge in [0.05, 0.1) is 16.8 Å². The standard InChI is InChI=1S/C22H22FN5O2/c23-17-7-4-8-18-20(17)21(25-24-18)28-14-15(13-19(28)29)22(30)27-11-9-26(10-12-27)16-5-2-1-3-6-16/h1-8,15H,9-14H2,(H,24,25)/t15-/m1/s1. The molecule has 0 saturated carbocycles. The maximum absolute atomic E-state index is 14.3. The highest BCUT2D eigenvalue weighted by Gasteiger charge is 2.39. The molecule has 1 aromatic heterocycles. The van der Waals surface area contributed by atoms with E-state index in [2.05, 4.69) is 27.2 Å². The summed E-state index contributed by atoms with van der Waals surface area (Å²) in [5, 5.41) is 7.20. The van der Waals surface area contributed by atoms with E-state index in [9.17, 15) is 14.0 Å². The van der Waals surface area contributed by atoms with E-state index in [0.29, 0.717) is 18.6 Å². The number of piperazine rings is 1. The molecule has 0 unspecified atom stereocenters. The Kier molecular flexibility index (Phi) is 4.61. The minimum absolute atomic E-state index is 0.0149. The summed E-state index contributed by atoms with van der Waals surface area (Å²) in [5.74, 6) is -0.820. The molecule has 30 heavy (non-hydrogen) atoms. The van der Waals surface area contributed by atoms with Crippen molar-refractivity contribution < 1.29 is 14.0 Å². The summed E-state index contributed by atoms with van der Waals surface area (Å²) < 4.78 is 14.3. The number of H-pyrrole nitrogens is 1. The minimum Gasteiger partial charge on any atom is -0.368 e. The first-order valence-electron chi connectivity index (χ1n) is 10.1. The molecule has 2 aliphatic rings. The van der Waals surface area contributed by atoms with E-state index in [1.165, 1.54) is 11.0 Å². The lowest BCUT2D eigenvalue weighted by atomic mass is 10.1. The van der Waals surface area contributed by atoms with Crippen molar-refractivity contribution in [2.75, 3.05) is 42.5 Å². The van der Waals surface area contributed by atoms with E-state index in [4.69, 9.17) is 0 Å². The number of hydrogen-bond acceptors (Lipinski definition) is 4. The molecule has 5 rings (SSSR count). The van der Waals surface area contributed by atoms with Crippen LogP contribution in [0.3, 0.4) is 0 Å². The molecule has 0 radical (unpaired) electrons. The Morgan fingerprint density at radius 1 is 1.03 bits per heavy atom. The second-order valence-corrected chi connectivity index (χ2v) is 7.76. The number of amides is 2. The maximum atomic E-state index is 14.3. The van der Waals surface area contributed by atoms with E-state index in [-0.39, 0.29) is 36.0 Å². The fraction of sp³-hybridized carbons (Fsp3) is 0.318. The summed E-state index contributed by atoms with van der Waals surface area (Å²) in [6.07, 6.45) is 0.126. The predicted molar refractivity (Wildman–Crippen MR) is 112 cm³/mol. The molecule has 8 heteroatoms. The number of carbonyl (C=O) groups excluding carboxylic acids is 2. The van der Waals surface area contributed by atoms with Gasteiger partial charge in [0.2, 0.25) is 11.8 Å². The molecule has 2 aliphatic heterocycles. The molecular weight excluding hydrogens is 385 g/mol. The lowest BCUT2D eigenvalue weighted by molar-refractivity contribution is -0.136. The van der Waals surface area contributed by atoms with Crippen molar-refractivity contribution in [3.8, 4) is 0 Å². The second kappa shape index (κ2) is 7.44. The zero-order valence-electron chi connectivity index (χ0n) is 16.4. The molecule has 2 amide bonds. The molecule has 154 valence electrons.